The summed E-state index contributed by atoms with van der Waals surface area (Å²) in [5.41, 5.74) is 1.00. The fourth-order valence-corrected chi connectivity index (χ4v) is 1.49. The van der Waals surface area contributed by atoms with Crippen LogP contribution in [0.25, 0.3) is 0 Å². The minimum absolute atomic E-state index is 0.161. The third-order valence-corrected chi connectivity index (χ3v) is 2.89. The second-order valence-corrected chi connectivity index (χ2v) is 4.13. The Hall–Kier alpha value is -0.770. The van der Waals surface area contributed by atoms with E-state index in [4.69, 9.17) is 21.4 Å². The molecule has 2 N–H and O–H groups in total. The predicted octanol–water partition coefficient (Wildman–Crippen LogP) is 2.00. The van der Waals surface area contributed by atoms with E-state index in [1.165, 1.54) is 0 Å². The molecule has 0 radical (unpaired) electrons. The van der Waals surface area contributed by atoms with Gasteiger partial charge in [0.05, 0.1) is 0 Å². The van der Waals surface area contributed by atoms with E-state index < -0.39 is 0 Å². The molecule has 0 saturated carbocycles. The number of nitrogens with one attached hydrogen (secondary N) is 1. The van der Waals surface area contributed by atoms with Gasteiger partial charge in [0.15, 0.2) is 0 Å². The number of hydrogen-bond acceptors (Lipinski definition) is 3. The Bertz CT molecular complexity index is 331. The van der Waals surface area contributed by atoms with Crippen molar-refractivity contribution in [3.05, 3.63) is 28.8 Å². The van der Waals surface area contributed by atoms with Crippen LogP contribution in [0.2, 0.25) is 5.02 Å². The summed E-state index contributed by atoms with van der Waals surface area (Å²) in [6.07, 6.45) is 0.684. The van der Waals surface area contributed by atoms with Gasteiger partial charge in [0.25, 0.3) is 0 Å². The molecule has 0 heterocycles. The Morgan fingerprint density at radius 2 is 2.25 bits per heavy atom. The average Bonchev–Trinajstić information content (AvgIpc) is 2.28. The van der Waals surface area contributed by atoms with E-state index >= 15 is 0 Å². The molecule has 0 aromatic heterocycles. The monoisotopic (exact) mass is 243 g/mol. The molecule has 3 nitrogen and oxygen atoms in total. The lowest BCUT2D eigenvalue weighted by atomic mass is 10.2. The van der Waals surface area contributed by atoms with Gasteiger partial charge in [0.2, 0.25) is 0 Å². The highest BCUT2D eigenvalue weighted by Gasteiger charge is 2.06. The first-order valence-corrected chi connectivity index (χ1v) is 5.72. The Kier molecular flexibility index (Phi) is 5.60. The Labute approximate surface area is 101 Å². The molecule has 0 aliphatic heterocycles. The molecule has 1 unspecified atom stereocenters. The highest BCUT2D eigenvalue weighted by Crippen LogP contribution is 2.21. The molecule has 0 amide bonds. The Balaban J connectivity index is 2.50. The van der Waals surface area contributed by atoms with Crippen LogP contribution in [-0.4, -0.2) is 31.4 Å². The lowest BCUT2D eigenvalue weighted by Gasteiger charge is -2.16. The number of aliphatic hydroxyl groups excluding tert-OH is 1. The number of likely N-dealkylation sites (N-methyl/N-ethyl adjacent to an activating group) is 1. The van der Waals surface area contributed by atoms with Crippen LogP contribution >= 0.6 is 11.6 Å². The van der Waals surface area contributed by atoms with Gasteiger partial charge < -0.3 is 15.2 Å². The smallest absolute Gasteiger partial charge is 0.119 e. The van der Waals surface area contributed by atoms with Crippen molar-refractivity contribution in [2.24, 2.45) is 0 Å². The number of halogens is 1. The van der Waals surface area contributed by atoms with Gasteiger partial charge in [-0.3, -0.25) is 0 Å². The molecule has 1 rings (SSSR count). The fourth-order valence-electron chi connectivity index (χ4n) is 1.37. The van der Waals surface area contributed by atoms with Crippen LogP contribution in [0.4, 0.5) is 0 Å². The highest BCUT2D eigenvalue weighted by molar-refractivity contribution is 6.31. The van der Waals surface area contributed by atoms with Gasteiger partial charge in [0, 0.05) is 17.7 Å². The minimum Gasteiger partial charge on any atom is -0.492 e. The lowest BCUT2D eigenvalue weighted by molar-refractivity contribution is 0.219. The molecule has 0 aliphatic carbocycles. The van der Waals surface area contributed by atoms with E-state index in [1.807, 2.05) is 32.2 Å². The van der Waals surface area contributed by atoms with Crippen LogP contribution in [0.1, 0.15) is 12.0 Å². The zero-order valence-corrected chi connectivity index (χ0v) is 10.4. The number of benzene rings is 1. The number of aryl methyl sites for hydroxylation is 1. The highest BCUT2D eigenvalue weighted by atomic mass is 35.5. The van der Waals surface area contributed by atoms with Crippen molar-refractivity contribution in [3.8, 4) is 5.75 Å². The zero-order chi connectivity index (χ0) is 12.0. The molecule has 4 heteroatoms. The molecule has 1 aromatic rings. The summed E-state index contributed by atoms with van der Waals surface area (Å²) in [5.74, 6) is 0.806. The number of rotatable bonds is 6. The summed E-state index contributed by atoms with van der Waals surface area (Å²) in [4.78, 5) is 0. The van der Waals surface area contributed by atoms with Crippen LogP contribution in [0.5, 0.6) is 5.75 Å². The van der Waals surface area contributed by atoms with Crippen molar-refractivity contribution in [1.82, 2.24) is 5.32 Å². The summed E-state index contributed by atoms with van der Waals surface area (Å²) in [5, 5.41) is 12.7. The summed E-state index contributed by atoms with van der Waals surface area (Å²) in [6, 6.07) is 5.75. The first kappa shape index (κ1) is 13.3. The van der Waals surface area contributed by atoms with Gasteiger partial charge >= 0.3 is 0 Å². The molecule has 0 bridgehead atoms. The molecule has 0 fully saturated rings. The summed E-state index contributed by atoms with van der Waals surface area (Å²) < 4.78 is 5.62. The summed E-state index contributed by atoms with van der Waals surface area (Å²) in [6.45, 7) is 2.64. The van der Waals surface area contributed by atoms with Crippen LogP contribution < -0.4 is 10.1 Å². The molecule has 0 aliphatic rings. The van der Waals surface area contributed by atoms with E-state index in [0.717, 1.165) is 16.3 Å². The SMILES string of the molecule is CNC(CCO)COc1ccc(Cl)c(C)c1. The average molecular weight is 244 g/mol. The number of aliphatic hydroxyl groups is 1. The van der Waals surface area contributed by atoms with Crippen molar-refractivity contribution < 1.29 is 9.84 Å². The van der Waals surface area contributed by atoms with Gasteiger partial charge in [-0.2, -0.15) is 0 Å². The maximum Gasteiger partial charge on any atom is 0.119 e. The normalized spacial score (nSPS) is 12.5. The molecular weight excluding hydrogens is 226 g/mol. The molecule has 90 valence electrons. The standard InChI is InChI=1S/C12H18ClNO2/c1-9-7-11(3-4-12(9)13)16-8-10(14-2)5-6-15/h3-4,7,10,14-15H,5-6,8H2,1-2H3. The van der Waals surface area contributed by atoms with Crippen molar-refractivity contribution in [2.75, 3.05) is 20.3 Å². The van der Waals surface area contributed by atoms with Gasteiger partial charge in [-0.1, -0.05) is 11.6 Å². The van der Waals surface area contributed by atoms with Crippen molar-refractivity contribution >= 4 is 11.6 Å². The first-order chi connectivity index (χ1) is 7.67. The fraction of sp³-hybridized carbons (Fsp3) is 0.500. The third-order valence-electron chi connectivity index (χ3n) is 2.47. The van der Waals surface area contributed by atoms with Crippen LogP contribution in [-0.2, 0) is 0 Å². The van der Waals surface area contributed by atoms with E-state index in [-0.39, 0.29) is 12.6 Å². The number of hydrogen-bond donors (Lipinski definition) is 2. The molecule has 0 saturated heterocycles. The van der Waals surface area contributed by atoms with Gasteiger partial charge in [-0.25, -0.2) is 0 Å². The topological polar surface area (TPSA) is 41.5 Å². The van der Waals surface area contributed by atoms with E-state index in [1.54, 1.807) is 0 Å². The van der Waals surface area contributed by atoms with Crippen LogP contribution in [0.15, 0.2) is 18.2 Å². The largest absolute Gasteiger partial charge is 0.492 e. The van der Waals surface area contributed by atoms with Gasteiger partial charge in [-0.15, -0.1) is 0 Å². The minimum atomic E-state index is 0.161. The van der Waals surface area contributed by atoms with E-state index in [9.17, 15) is 0 Å². The van der Waals surface area contributed by atoms with Crippen LogP contribution in [0, 0.1) is 6.92 Å². The molecule has 16 heavy (non-hydrogen) atoms. The summed E-state index contributed by atoms with van der Waals surface area (Å²) >= 11 is 5.92. The predicted molar refractivity (Wildman–Crippen MR) is 66.2 cm³/mol. The molecular formula is C12H18ClNO2. The third kappa shape index (κ3) is 4.00. The van der Waals surface area contributed by atoms with E-state index in [2.05, 4.69) is 5.32 Å². The molecule has 1 atom stereocenters. The second kappa shape index (κ2) is 6.74. The van der Waals surface area contributed by atoms with Crippen molar-refractivity contribution in [2.45, 2.75) is 19.4 Å². The second-order valence-electron chi connectivity index (χ2n) is 3.72. The number of ether oxygens (including phenoxy) is 1. The van der Waals surface area contributed by atoms with Crippen molar-refractivity contribution in [1.29, 1.82) is 0 Å². The van der Waals surface area contributed by atoms with Gasteiger partial charge in [0.1, 0.15) is 12.4 Å². The first-order valence-electron chi connectivity index (χ1n) is 5.34. The lowest BCUT2D eigenvalue weighted by Crippen LogP contribution is -2.32. The van der Waals surface area contributed by atoms with Crippen LogP contribution in [0.3, 0.4) is 0 Å². The van der Waals surface area contributed by atoms with Gasteiger partial charge in [-0.05, 0) is 44.2 Å². The molecule has 0 spiro atoms. The quantitative estimate of drug-likeness (QED) is 0.803. The Morgan fingerprint density at radius 3 is 2.81 bits per heavy atom. The van der Waals surface area contributed by atoms with Crippen molar-refractivity contribution in [3.63, 3.8) is 0 Å². The zero-order valence-electron chi connectivity index (χ0n) is 9.66. The summed E-state index contributed by atoms with van der Waals surface area (Å²) in [7, 11) is 1.86. The van der Waals surface area contributed by atoms with E-state index in [0.29, 0.717) is 13.0 Å². The maximum absolute atomic E-state index is 8.83. The Morgan fingerprint density at radius 1 is 1.50 bits per heavy atom. The molecule has 1 aromatic carbocycles. The maximum atomic E-state index is 8.83.